The molecule has 2 heterocycles. The van der Waals surface area contributed by atoms with Crippen molar-refractivity contribution in [1.82, 2.24) is 9.55 Å². The predicted molar refractivity (Wildman–Crippen MR) is 70.7 cm³/mol. The first kappa shape index (κ1) is 12.9. The molecule has 4 nitrogen and oxygen atoms in total. The number of pyridine rings is 1. The van der Waals surface area contributed by atoms with Crippen molar-refractivity contribution >= 4 is 28.6 Å². The molecule has 18 heavy (non-hydrogen) atoms. The summed E-state index contributed by atoms with van der Waals surface area (Å²) in [6.07, 6.45) is 1.82. The fourth-order valence-corrected chi connectivity index (χ4v) is 2.04. The van der Waals surface area contributed by atoms with Crippen molar-refractivity contribution in [3.63, 3.8) is 0 Å². The molecular weight excluding hydrogens is 252 g/mol. The van der Waals surface area contributed by atoms with Crippen LogP contribution in [0.25, 0.3) is 11.0 Å². The summed E-state index contributed by atoms with van der Waals surface area (Å²) >= 11 is 5.84. The van der Waals surface area contributed by atoms with Crippen molar-refractivity contribution in [1.29, 1.82) is 0 Å². The van der Waals surface area contributed by atoms with Crippen molar-refractivity contribution in [3.05, 3.63) is 29.5 Å². The molecule has 0 unspecified atom stereocenters. The summed E-state index contributed by atoms with van der Waals surface area (Å²) in [6, 6.07) is 5.40. The van der Waals surface area contributed by atoms with Gasteiger partial charge >= 0.3 is 5.97 Å². The molecule has 0 bridgehead atoms. The van der Waals surface area contributed by atoms with Crippen LogP contribution in [0.1, 0.15) is 20.8 Å². The Morgan fingerprint density at radius 3 is 2.83 bits per heavy atom. The summed E-state index contributed by atoms with van der Waals surface area (Å²) in [4.78, 5) is 16.2. The Kier molecular flexibility index (Phi) is 3.30. The van der Waals surface area contributed by atoms with E-state index >= 15 is 0 Å². The average molecular weight is 267 g/mol. The van der Waals surface area contributed by atoms with Crippen LogP contribution in [-0.2, 0) is 15.1 Å². The van der Waals surface area contributed by atoms with E-state index < -0.39 is 5.54 Å². The molecule has 0 aliphatic heterocycles. The van der Waals surface area contributed by atoms with Crippen LogP contribution in [-0.4, -0.2) is 22.1 Å². The summed E-state index contributed by atoms with van der Waals surface area (Å²) in [7, 11) is 0. The third-order valence-corrected chi connectivity index (χ3v) is 3.10. The van der Waals surface area contributed by atoms with Crippen LogP contribution in [0.5, 0.6) is 0 Å². The standard InChI is InChI=1S/C13H15ClN2O2/c1-4-18-12(17)13(2,3)16-8-7-9-10(16)5-6-11(14)15-9/h5-8H,4H2,1-3H3. The Bertz CT molecular complexity index is 590. The van der Waals surface area contributed by atoms with E-state index in [0.29, 0.717) is 11.8 Å². The van der Waals surface area contributed by atoms with E-state index in [1.807, 2.05) is 36.7 Å². The highest BCUT2D eigenvalue weighted by atomic mass is 35.5. The molecule has 2 aromatic rings. The molecule has 0 saturated carbocycles. The maximum absolute atomic E-state index is 12.0. The highest BCUT2D eigenvalue weighted by Crippen LogP contribution is 2.25. The van der Waals surface area contributed by atoms with Crippen LogP contribution in [0, 0.1) is 0 Å². The largest absolute Gasteiger partial charge is 0.464 e. The zero-order valence-electron chi connectivity index (χ0n) is 10.6. The Labute approximate surface area is 111 Å². The monoisotopic (exact) mass is 266 g/mol. The SMILES string of the molecule is CCOC(=O)C(C)(C)n1ccc2nc(Cl)ccc21. The Hall–Kier alpha value is -1.55. The molecule has 96 valence electrons. The Balaban J connectivity index is 2.50. The van der Waals surface area contributed by atoms with Gasteiger partial charge in [-0.05, 0) is 39.0 Å². The van der Waals surface area contributed by atoms with Gasteiger partial charge < -0.3 is 9.30 Å². The van der Waals surface area contributed by atoms with Gasteiger partial charge in [0.25, 0.3) is 0 Å². The summed E-state index contributed by atoms with van der Waals surface area (Å²) in [6.45, 7) is 5.80. The van der Waals surface area contributed by atoms with E-state index in [0.717, 1.165) is 11.0 Å². The maximum Gasteiger partial charge on any atom is 0.331 e. The first-order chi connectivity index (χ1) is 8.46. The molecule has 2 aromatic heterocycles. The molecule has 5 heteroatoms. The van der Waals surface area contributed by atoms with Gasteiger partial charge in [-0.1, -0.05) is 11.6 Å². The van der Waals surface area contributed by atoms with Crippen molar-refractivity contribution in [3.8, 4) is 0 Å². The molecule has 0 radical (unpaired) electrons. The van der Waals surface area contributed by atoms with E-state index in [1.165, 1.54) is 0 Å². The van der Waals surface area contributed by atoms with E-state index in [2.05, 4.69) is 4.98 Å². The van der Waals surface area contributed by atoms with Crippen LogP contribution < -0.4 is 0 Å². The molecule has 0 spiro atoms. The van der Waals surface area contributed by atoms with E-state index in [4.69, 9.17) is 16.3 Å². The van der Waals surface area contributed by atoms with Gasteiger partial charge in [0.1, 0.15) is 10.7 Å². The third kappa shape index (κ3) is 2.08. The van der Waals surface area contributed by atoms with Gasteiger partial charge in [-0.15, -0.1) is 0 Å². The lowest BCUT2D eigenvalue weighted by Gasteiger charge is -2.25. The number of hydrogen-bond acceptors (Lipinski definition) is 3. The minimum atomic E-state index is -0.771. The summed E-state index contributed by atoms with van der Waals surface area (Å²) in [5.74, 6) is -0.266. The number of aromatic nitrogens is 2. The van der Waals surface area contributed by atoms with Crippen LogP contribution in [0.3, 0.4) is 0 Å². The van der Waals surface area contributed by atoms with Crippen molar-refractivity contribution in [2.45, 2.75) is 26.3 Å². The topological polar surface area (TPSA) is 44.1 Å². The minimum absolute atomic E-state index is 0.266. The van der Waals surface area contributed by atoms with Crippen molar-refractivity contribution in [2.24, 2.45) is 0 Å². The van der Waals surface area contributed by atoms with Gasteiger partial charge in [-0.25, -0.2) is 9.78 Å². The number of hydrogen-bond donors (Lipinski definition) is 0. The second-order valence-corrected chi connectivity index (χ2v) is 4.89. The van der Waals surface area contributed by atoms with Crippen LogP contribution in [0.4, 0.5) is 0 Å². The molecule has 0 saturated heterocycles. The van der Waals surface area contributed by atoms with E-state index in [1.54, 1.807) is 13.0 Å². The first-order valence-corrected chi connectivity index (χ1v) is 6.16. The Morgan fingerprint density at radius 2 is 2.17 bits per heavy atom. The number of esters is 1. The lowest BCUT2D eigenvalue weighted by atomic mass is 10.1. The number of nitrogens with zero attached hydrogens (tertiary/aromatic N) is 2. The van der Waals surface area contributed by atoms with Crippen LogP contribution in [0.15, 0.2) is 24.4 Å². The number of carbonyl (C=O) groups excluding carboxylic acids is 1. The Morgan fingerprint density at radius 1 is 1.44 bits per heavy atom. The summed E-state index contributed by atoms with van der Waals surface area (Å²) in [5.41, 5.74) is 0.852. The highest BCUT2D eigenvalue weighted by molar-refractivity contribution is 6.29. The molecule has 0 N–H and O–H groups in total. The fourth-order valence-electron chi connectivity index (χ4n) is 1.89. The molecule has 0 atom stereocenters. The molecule has 2 rings (SSSR count). The second kappa shape index (κ2) is 4.61. The zero-order chi connectivity index (χ0) is 13.3. The number of carbonyl (C=O) groups is 1. The second-order valence-electron chi connectivity index (χ2n) is 4.50. The van der Waals surface area contributed by atoms with Gasteiger partial charge in [-0.2, -0.15) is 0 Å². The number of rotatable bonds is 3. The third-order valence-electron chi connectivity index (χ3n) is 2.89. The molecule has 0 aliphatic rings. The van der Waals surface area contributed by atoms with Gasteiger partial charge in [0.15, 0.2) is 0 Å². The van der Waals surface area contributed by atoms with Crippen molar-refractivity contribution in [2.75, 3.05) is 6.61 Å². The average Bonchev–Trinajstić information content (AvgIpc) is 2.72. The highest BCUT2D eigenvalue weighted by Gasteiger charge is 2.32. The number of fused-ring (bicyclic) bond motifs is 1. The van der Waals surface area contributed by atoms with Crippen molar-refractivity contribution < 1.29 is 9.53 Å². The minimum Gasteiger partial charge on any atom is -0.464 e. The van der Waals surface area contributed by atoms with Gasteiger partial charge in [0.2, 0.25) is 0 Å². The predicted octanol–water partition coefficient (Wildman–Crippen LogP) is 2.99. The van der Waals surface area contributed by atoms with Gasteiger partial charge in [-0.3, -0.25) is 0 Å². The molecule has 0 aromatic carbocycles. The van der Waals surface area contributed by atoms with Gasteiger partial charge in [0.05, 0.1) is 17.6 Å². The smallest absolute Gasteiger partial charge is 0.331 e. The normalized spacial score (nSPS) is 11.8. The van der Waals surface area contributed by atoms with Crippen LogP contribution in [0.2, 0.25) is 5.15 Å². The van der Waals surface area contributed by atoms with Crippen LogP contribution >= 0.6 is 11.6 Å². The van der Waals surface area contributed by atoms with E-state index in [-0.39, 0.29) is 5.97 Å². The maximum atomic E-state index is 12.0. The van der Waals surface area contributed by atoms with E-state index in [9.17, 15) is 4.79 Å². The first-order valence-electron chi connectivity index (χ1n) is 5.78. The fraction of sp³-hybridized carbons (Fsp3) is 0.385. The number of ether oxygens (including phenoxy) is 1. The molecule has 0 amide bonds. The molecular formula is C13H15ClN2O2. The summed E-state index contributed by atoms with van der Waals surface area (Å²) in [5, 5.41) is 0.439. The molecule has 0 fully saturated rings. The summed E-state index contributed by atoms with van der Waals surface area (Å²) < 4.78 is 6.95. The lowest BCUT2D eigenvalue weighted by molar-refractivity contribution is -0.151. The number of halogens is 1. The quantitative estimate of drug-likeness (QED) is 0.634. The molecule has 0 aliphatic carbocycles. The lowest BCUT2D eigenvalue weighted by Crippen LogP contribution is -2.36. The zero-order valence-corrected chi connectivity index (χ0v) is 11.4. The van der Waals surface area contributed by atoms with Gasteiger partial charge in [0, 0.05) is 6.20 Å².